The third-order valence-corrected chi connectivity index (χ3v) is 5.85. The third-order valence-electron chi connectivity index (χ3n) is 3.92. The van der Waals surface area contributed by atoms with E-state index >= 15 is 0 Å². The molecule has 0 heterocycles. The fraction of sp³-hybridized carbons (Fsp3) is 0. The van der Waals surface area contributed by atoms with Crippen molar-refractivity contribution >= 4 is 43.9 Å². The molecular weight excluding hydrogens is 490 g/mol. The predicted octanol–water partition coefficient (Wildman–Crippen LogP) is 3.89. The molecular formula is C20H14BrN3O6S. The second-order valence-corrected chi connectivity index (χ2v) is 8.41. The molecule has 0 bridgehead atoms. The van der Waals surface area contributed by atoms with Gasteiger partial charge in [-0.15, -0.1) is 0 Å². The molecule has 158 valence electrons. The smallest absolute Gasteiger partial charge is 0.339 e. The number of hydrogen-bond acceptors (Lipinski definition) is 7. The normalized spacial score (nSPS) is 11.3. The van der Waals surface area contributed by atoms with Crippen LogP contribution in [0.1, 0.15) is 15.9 Å². The standard InChI is InChI=1S/C20H14BrN3O6S/c21-18-10-3-2-9-17(18)20(25)23-22-13-14-6-1-4-11-19(14)30-31(28,29)16-8-5-7-15(12-16)24(26)27/h1-13H,(H,23,25)/b22-13-. The number of hydrogen-bond donors (Lipinski definition) is 1. The number of nitrogens with zero attached hydrogens (tertiary/aromatic N) is 2. The Bertz CT molecular complexity index is 1280. The number of nitro groups is 1. The van der Waals surface area contributed by atoms with Crippen molar-refractivity contribution < 1.29 is 22.3 Å². The van der Waals surface area contributed by atoms with E-state index in [0.717, 1.165) is 6.07 Å². The van der Waals surface area contributed by atoms with Gasteiger partial charge >= 0.3 is 10.1 Å². The summed E-state index contributed by atoms with van der Waals surface area (Å²) in [7, 11) is -4.34. The van der Waals surface area contributed by atoms with Crippen molar-refractivity contribution in [3.05, 3.63) is 98.5 Å². The van der Waals surface area contributed by atoms with E-state index in [4.69, 9.17) is 4.18 Å². The quantitative estimate of drug-likeness (QED) is 0.225. The van der Waals surface area contributed by atoms with Crippen LogP contribution in [0.4, 0.5) is 5.69 Å². The van der Waals surface area contributed by atoms with E-state index in [1.165, 1.54) is 36.5 Å². The lowest BCUT2D eigenvalue weighted by atomic mass is 10.2. The second-order valence-electron chi connectivity index (χ2n) is 6.01. The number of para-hydroxylation sites is 1. The summed E-state index contributed by atoms with van der Waals surface area (Å²) in [5, 5.41) is 14.8. The molecule has 11 heteroatoms. The van der Waals surface area contributed by atoms with Crippen LogP contribution >= 0.6 is 15.9 Å². The van der Waals surface area contributed by atoms with E-state index in [1.54, 1.807) is 36.4 Å². The number of halogens is 1. The number of amides is 1. The minimum Gasteiger partial charge on any atom is -0.378 e. The van der Waals surface area contributed by atoms with Gasteiger partial charge in [-0.1, -0.05) is 30.3 Å². The molecule has 3 rings (SSSR count). The summed E-state index contributed by atoms with van der Waals surface area (Å²) in [4.78, 5) is 22.0. The summed E-state index contributed by atoms with van der Waals surface area (Å²) in [6, 6.07) is 17.4. The summed E-state index contributed by atoms with van der Waals surface area (Å²) in [5.41, 5.74) is 2.61. The highest BCUT2D eigenvalue weighted by Crippen LogP contribution is 2.24. The number of carbonyl (C=O) groups is 1. The van der Waals surface area contributed by atoms with Gasteiger partial charge < -0.3 is 4.18 Å². The molecule has 0 aromatic heterocycles. The Hall–Kier alpha value is -3.57. The van der Waals surface area contributed by atoms with Crippen molar-refractivity contribution in [3.8, 4) is 5.75 Å². The number of nitro benzene ring substituents is 1. The molecule has 0 aliphatic rings. The van der Waals surface area contributed by atoms with Crippen molar-refractivity contribution in [2.24, 2.45) is 5.10 Å². The average molecular weight is 504 g/mol. The first-order valence-electron chi connectivity index (χ1n) is 8.64. The predicted molar refractivity (Wildman–Crippen MR) is 117 cm³/mol. The molecule has 31 heavy (non-hydrogen) atoms. The molecule has 0 aliphatic carbocycles. The third kappa shape index (κ3) is 5.53. The Morgan fingerprint density at radius 1 is 1.06 bits per heavy atom. The van der Waals surface area contributed by atoms with Crippen LogP contribution in [0, 0.1) is 10.1 Å². The lowest BCUT2D eigenvalue weighted by Gasteiger charge is -2.09. The van der Waals surface area contributed by atoms with Gasteiger partial charge in [0.15, 0.2) is 5.75 Å². The van der Waals surface area contributed by atoms with Gasteiger partial charge in [-0.3, -0.25) is 14.9 Å². The van der Waals surface area contributed by atoms with Crippen molar-refractivity contribution in [1.29, 1.82) is 0 Å². The first-order chi connectivity index (χ1) is 14.8. The first kappa shape index (κ1) is 22.1. The molecule has 3 aromatic carbocycles. The molecule has 0 saturated carbocycles. The summed E-state index contributed by atoms with van der Waals surface area (Å²) in [6.07, 6.45) is 1.23. The molecule has 0 saturated heterocycles. The van der Waals surface area contributed by atoms with Gasteiger partial charge in [-0.05, 0) is 46.3 Å². The van der Waals surface area contributed by atoms with Crippen LogP contribution in [0.2, 0.25) is 0 Å². The Morgan fingerprint density at radius 2 is 1.77 bits per heavy atom. The number of hydrazone groups is 1. The maximum absolute atomic E-state index is 12.6. The minimum absolute atomic E-state index is 0.0621. The highest BCUT2D eigenvalue weighted by atomic mass is 79.9. The number of rotatable bonds is 7. The van der Waals surface area contributed by atoms with Crippen LogP contribution in [0.25, 0.3) is 0 Å². The number of non-ortho nitro benzene ring substituents is 1. The fourth-order valence-electron chi connectivity index (χ4n) is 2.45. The number of benzene rings is 3. The Labute approximate surface area is 185 Å². The molecule has 3 aromatic rings. The van der Waals surface area contributed by atoms with Crippen LogP contribution in [0.3, 0.4) is 0 Å². The van der Waals surface area contributed by atoms with Crippen LogP contribution in [0.15, 0.2) is 87.3 Å². The molecule has 9 nitrogen and oxygen atoms in total. The van der Waals surface area contributed by atoms with E-state index in [2.05, 4.69) is 26.5 Å². The Balaban J connectivity index is 1.80. The second kappa shape index (κ2) is 9.49. The Kier molecular flexibility index (Phi) is 6.78. The topological polar surface area (TPSA) is 128 Å². The van der Waals surface area contributed by atoms with Crippen molar-refractivity contribution in [2.75, 3.05) is 0 Å². The zero-order valence-electron chi connectivity index (χ0n) is 15.6. The van der Waals surface area contributed by atoms with Crippen LogP contribution in [0.5, 0.6) is 5.75 Å². The minimum atomic E-state index is -4.34. The van der Waals surface area contributed by atoms with E-state index in [0.29, 0.717) is 10.0 Å². The van der Waals surface area contributed by atoms with Gasteiger partial charge in [0.2, 0.25) is 0 Å². The van der Waals surface area contributed by atoms with E-state index in [9.17, 15) is 23.3 Å². The van der Waals surface area contributed by atoms with Gasteiger partial charge in [0.1, 0.15) is 4.90 Å². The molecule has 0 aliphatic heterocycles. The van der Waals surface area contributed by atoms with Crippen molar-refractivity contribution in [1.82, 2.24) is 5.43 Å². The molecule has 0 unspecified atom stereocenters. The van der Waals surface area contributed by atoms with Gasteiger partial charge in [0.25, 0.3) is 11.6 Å². The molecule has 0 radical (unpaired) electrons. The van der Waals surface area contributed by atoms with Crippen LogP contribution < -0.4 is 9.61 Å². The van der Waals surface area contributed by atoms with Crippen LogP contribution in [-0.2, 0) is 10.1 Å². The summed E-state index contributed by atoms with van der Waals surface area (Å²) >= 11 is 3.27. The van der Waals surface area contributed by atoms with Gasteiger partial charge in [0.05, 0.1) is 16.7 Å². The average Bonchev–Trinajstić information content (AvgIpc) is 2.75. The summed E-state index contributed by atoms with van der Waals surface area (Å²) < 4.78 is 30.9. The molecule has 0 fully saturated rings. The largest absolute Gasteiger partial charge is 0.378 e. The zero-order valence-corrected chi connectivity index (χ0v) is 18.0. The maximum Gasteiger partial charge on any atom is 0.339 e. The van der Waals surface area contributed by atoms with Gasteiger partial charge in [0, 0.05) is 22.2 Å². The van der Waals surface area contributed by atoms with E-state index in [1.807, 2.05) is 0 Å². The Morgan fingerprint density at radius 3 is 2.52 bits per heavy atom. The summed E-state index contributed by atoms with van der Waals surface area (Å²) in [5.74, 6) is -0.528. The highest BCUT2D eigenvalue weighted by molar-refractivity contribution is 9.10. The zero-order chi connectivity index (χ0) is 22.4. The number of carbonyl (C=O) groups excluding carboxylic acids is 1. The van der Waals surface area contributed by atoms with Gasteiger partial charge in [-0.2, -0.15) is 13.5 Å². The number of nitrogens with one attached hydrogen (secondary N) is 1. The molecule has 1 N–H and O–H groups in total. The maximum atomic E-state index is 12.6. The fourth-order valence-corrected chi connectivity index (χ4v) is 3.91. The van der Waals surface area contributed by atoms with E-state index in [-0.39, 0.29) is 21.9 Å². The molecule has 0 atom stereocenters. The molecule has 1 amide bonds. The highest BCUT2D eigenvalue weighted by Gasteiger charge is 2.21. The van der Waals surface area contributed by atoms with Gasteiger partial charge in [-0.25, -0.2) is 5.43 Å². The SMILES string of the molecule is O=C(N/N=C\c1ccccc1OS(=O)(=O)c1cccc([N+](=O)[O-])c1)c1ccccc1Br. The monoisotopic (exact) mass is 503 g/mol. The van der Waals surface area contributed by atoms with Crippen molar-refractivity contribution in [3.63, 3.8) is 0 Å². The van der Waals surface area contributed by atoms with E-state index < -0.39 is 20.9 Å². The summed E-state index contributed by atoms with van der Waals surface area (Å²) in [6.45, 7) is 0. The molecule has 0 spiro atoms. The lowest BCUT2D eigenvalue weighted by Crippen LogP contribution is -2.18. The van der Waals surface area contributed by atoms with Crippen molar-refractivity contribution in [2.45, 2.75) is 4.90 Å². The lowest BCUT2D eigenvalue weighted by molar-refractivity contribution is -0.385. The van der Waals surface area contributed by atoms with Crippen LogP contribution in [-0.4, -0.2) is 25.5 Å². The first-order valence-corrected chi connectivity index (χ1v) is 10.8.